The molecule has 0 N–H and O–H groups in total. The van der Waals surface area contributed by atoms with Crippen LogP contribution in [0.3, 0.4) is 0 Å². The molecule has 1 aliphatic rings. The summed E-state index contributed by atoms with van der Waals surface area (Å²) in [5, 5.41) is 0.586. The Morgan fingerprint density at radius 3 is 2.74 bits per heavy atom. The zero-order chi connectivity index (χ0) is 16.2. The maximum Gasteiger partial charge on any atom is 0.249 e. The zero-order valence-corrected chi connectivity index (χ0v) is 13.6. The van der Waals surface area contributed by atoms with Crippen LogP contribution in [-0.4, -0.2) is 31.1 Å². The van der Waals surface area contributed by atoms with Crippen molar-refractivity contribution in [1.29, 1.82) is 0 Å². The Balaban J connectivity index is 1.76. The second-order valence-corrected chi connectivity index (χ2v) is 5.85. The molecule has 2 aromatic carbocycles. The smallest absolute Gasteiger partial charge is 0.249 e. The summed E-state index contributed by atoms with van der Waals surface area (Å²) in [7, 11) is 1.60. The molecule has 1 amide bonds. The molecule has 1 heterocycles. The van der Waals surface area contributed by atoms with E-state index in [1.54, 1.807) is 13.2 Å². The number of morpholine rings is 1. The summed E-state index contributed by atoms with van der Waals surface area (Å²) >= 11 is 6.32. The van der Waals surface area contributed by atoms with E-state index in [1.165, 1.54) is 0 Å². The molecule has 1 fully saturated rings. The van der Waals surface area contributed by atoms with E-state index in [9.17, 15) is 4.79 Å². The lowest BCUT2D eigenvalue weighted by molar-refractivity contribution is -0.150. The lowest BCUT2D eigenvalue weighted by Crippen LogP contribution is -2.42. The van der Waals surface area contributed by atoms with Gasteiger partial charge in [-0.1, -0.05) is 48.0 Å². The van der Waals surface area contributed by atoms with Gasteiger partial charge in [0.2, 0.25) is 5.91 Å². The number of ether oxygens (including phenoxy) is 2. The van der Waals surface area contributed by atoms with E-state index >= 15 is 0 Å². The van der Waals surface area contributed by atoms with E-state index in [0.29, 0.717) is 23.9 Å². The fourth-order valence-corrected chi connectivity index (χ4v) is 2.95. The summed E-state index contributed by atoms with van der Waals surface area (Å²) in [5.74, 6) is 0.696. The molecule has 1 atom stereocenters. The first-order valence-electron chi connectivity index (χ1n) is 7.44. The van der Waals surface area contributed by atoms with Gasteiger partial charge in [-0.2, -0.15) is 0 Å². The summed E-state index contributed by atoms with van der Waals surface area (Å²) in [6, 6.07) is 15.4. The second kappa shape index (κ2) is 7.02. The number of carbonyl (C=O) groups is 1. The molecule has 23 heavy (non-hydrogen) atoms. The van der Waals surface area contributed by atoms with Crippen LogP contribution in [0.2, 0.25) is 5.02 Å². The van der Waals surface area contributed by atoms with Gasteiger partial charge >= 0.3 is 0 Å². The average Bonchev–Trinajstić information content (AvgIpc) is 2.58. The van der Waals surface area contributed by atoms with Gasteiger partial charge in [-0.25, -0.2) is 0 Å². The number of methoxy groups -OCH3 is 1. The Kier molecular flexibility index (Phi) is 4.84. The second-order valence-electron chi connectivity index (χ2n) is 5.45. The Morgan fingerprint density at radius 1 is 1.26 bits per heavy atom. The molecule has 0 aliphatic carbocycles. The van der Waals surface area contributed by atoms with Crippen molar-refractivity contribution in [1.82, 2.24) is 4.90 Å². The lowest BCUT2D eigenvalue weighted by Gasteiger charge is -2.33. The van der Waals surface area contributed by atoms with E-state index in [4.69, 9.17) is 21.1 Å². The van der Waals surface area contributed by atoms with Gasteiger partial charge < -0.3 is 14.4 Å². The predicted octanol–water partition coefficient (Wildman–Crippen LogP) is 3.45. The van der Waals surface area contributed by atoms with Gasteiger partial charge in [0, 0.05) is 12.1 Å². The van der Waals surface area contributed by atoms with Crippen molar-refractivity contribution in [3.05, 3.63) is 64.7 Å². The molecule has 4 nitrogen and oxygen atoms in total. The van der Waals surface area contributed by atoms with Crippen molar-refractivity contribution >= 4 is 17.5 Å². The van der Waals surface area contributed by atoms with Gasteiger partial charge in [-0.3, -0.25) is 4.79 Å². The summed E-state index contributed by atoms with van der Waals surface area (Å²) < 4.78 is 10.8. The molecule has 1 unspecified atom stereocenters. The third-order valence-corrected chi connectivity index (χ3v) is 4.24. The number of amides is 1. The van der Waals surface area contributed by atoms with Crippen LogP contribution < -0.4 is 4.74 Å². The van der Waals surface area contributed by atoms with E-state index in [2.05, 4.69) is 0 Å². The molecule has 120 valence electrons. The van der Waals surface area contributed by atoms with Crippen LogP contribution in [0.5, 0.6) is 5.75 Å². The SMILES string of the molecule is COc1ccc(C2CN(Cc3ccccc3)C(=O)CO2)c(Cl)c1. The molecule has 0 bridgehead atoms. The van der Waals surface area contributed by atoms with Crippen LogP contribution >= 0.6 is 11.6 Å². The number of rotatable bonds is 4. The van der Waals surface area contributed by atoms with Crippen molar-refractivity contribution in [3.8, 4) is 5.75 Å². The Hall–Kier alpha value is -2.04. The van der Waals surface area contributed by atoms with Crippen molar-refractivity contribution in [3.63, 3.8) is 0 Å². The molecule has 5 heteroatoms. The van der Waals surface area contributed by atoms with Crippen molar-refractivity contribution in [2.75, 3.05) is 20.3 Å². The number of halogens is 1. The fraction of sp³-hybridized carbons (Fsp3) is 0.278. The molecule has 0 saturated carbocycles. The predicted molar refractivity (Wildman–Crippen MR) is 88.6 cm³/mol. The standard InChI is InChI=1S/C18H18ClNO3/c1-22-14-7-8-15(16(19)9-14)17-11-20(18(21)12-23-17)10-13-5-3-2-4-6-13/h2-9,17H,10-12H2,1H3. The molecule has 0 spiro atoms. The minimum atomic E-state index is -0.227. The third kappa shape index (κ3) is 3.66. The van der Waals surface area contributed by atoms with Gasteiger partial charge in [-0.05, 0) is 17.7 Å². The first kappa shape index (κ1) is 15.8. The highest BCUT2D eigenvalue weighted by molar-refractivity contribution is 6.31. The summed E-state index contributed by atoms with van der Waals surface area (Å²) in [5.41, 5.74) is 1.97. The fourth-order valence-electron chi connectivity index (χ4n) is 2.66. The van der Waals surface area contributed by atoms with E-state index in [-0.39, 0.29) is 18.6 Å². The number of benzene rings is 2. The van der Waals surface area contributed by atoms with Crippen LogP contribution in [0.25, 0.3) is 0 Å². The Labute approximate surface area is 140 Å². The topological polar surface area (TPSA) is 38.8 Å². The maximum atomic E-state index is 12.1. The molecular formula is C18H18ClNO3. The quantitative estimate of drug-likeness (QED) is 0.861. The van der Waals surface area contributed by atoms with Crippen LogP contribution in [0.1, 0.15) is 17.2 Å². The third-order valence-electron chi connectivity index (χ3n) is 3.92. The van der Waals surface area contributed by atoms with Crippen LogP contribution in [0.15, 0.2) is 48.5 Å². The van der Waals surface area contributed by atoms with Crippen molar-refractivity contribution in [2.45, 2.75) is 12.6 Å². The minimum Gasteiger partial charge on any atom is -0.497 e. The molecule has 3 rings (SSSR count). The first-order valence-corrected chi connectivity index (χ1v) is 7.82. The largest absolute Gasteiger partial charge is 0.497 e. The number of hydrogen-bond donors (Lipinski definition) is 0. The van der Waals surface area contributed by atoms with Crippen molar-refractivity contribution < 1.29 is 14.3 Å². The molecule has 2 aromatic rings. The summed E-state index contributed by atoms with van der Waals surface area (Å²) in [4.78, 5) is 13.9. The van der Waals surface area contributed by atoms with Crippen LogP contribution in [0, 0.1) is 0 Å². The highest BCUT2D eigenvalue weighted by atomic mass is 35.5. The summed E-state index contributed by atoms with van der Waals surface area (Å²) in [6.07, 6.45) is -0.227. The lowest BCUT2D eigenvalue weighted by atomic mass is 10.1. The van der Waals surface area contributed by atoms with Crippen LogP contribution in [0.4, 0.5) is 0 Å². The van der Waals surface area contributed by atoms with Gasteiger partial charge in [0.15, 0.2) is 0 Å². The maximum absolute atomic E-state index is 12.1. The minimum absolute atomic E-state index is 0.00487. The molecule has 0 aromatic heterocycles. The molecular weight excluding hydrogens is 314 g/mol. The van der Waals surface area contributed by atoms with E-state index < -0.39 is 0 Å². The molecule has 1 saturated heterocycles. The average molecular weight is 332 g/mol. The first-order chi connectivity index (χ1) is 11.2. The van der Waals surface area contributed by atoms with Gasteiger partial charge in [0.05, 0.1) is 18.7 Å². The molecule has 0 radical (unpaired) electrons. The van der Waals surface area contributed by atoms with Gasteiger partial charge in [0.1, 0.15) is 18.5 Å². The highest BCUT2D eigenvalue weighted by Gasteiger charge is 2.28. The summed E-state index contributed by atoms with van der Waals surface area (Å²) in [6.45, 7) is 1.13. The van der Waals surface area contributed by atoms with Crippen LogP contribution in [-0.2, 0) is 16.1 Å². The van der Waals surface area contributed by atoms with E-state index in [1.807, 2.05) is 47.4 Å². The number of hydrogen-bond acceptors (Lipinski definition) is 3. The zero-order valence-electron chi connectivity index (χ0n) is 12.9. The van der Waals surface area contributed by atoms with Gasteiger partial charge in [-0.15, -0.1) is 0 Å². The van der Waals surface area contributed by atoms with Gasteiger partial charge in [0.25, 0.3) is 0 Å². The Bertz CT molecular complexity index is 690. The normalized spacial score (nSPS) is 18.1. The number of carbonyl (C=O) groups excluding carboxylic acids is 1. The van der Waals surface area contributed by atoms with Crippen molar-refractivity contribution in [2.24, 2.45) is 0 Å². The Morgan fingerprint density at radius 2 is 2.04 bits per heavy atom. The highest BCUT2D eigenvalue weighted by Crippen LogP contribution is 2.32. The monoisotopic (exact) mass is 331 g/mol. The number of nitrogens with zero attached hydrogens (tertiary/aromatic N) is 1. The van der Waals surface area contributed by atoms with E-state index in [0.717, 1.165) is 11.1 Å². The molecule has 1 aliphatic heterocycles.